The summed E-state index contributed by atoms with van der Waals surface area (Å²) in [4.78, 5) is 2.35. The Bertz CT molecular complexity index is 949. The van der Waals surface area contributed by atoms with Crippen LogP contribution in [0.25, 0.3) is 5.57 Å². The van der Waals surface area contributed by atoms with Crippen molar-refractivity contribution in [2.45, 2.75) is 13.1 Å². The Hall–Kier alpha value is -3.20. The van der Waals surface area contributed by atoms with Gasteiger partial charge in [0.2, 0.25) is 0 Å². The van der Waals surface area contributed by atoms with Gasteiger partial charge in [-0.15, -0.1) is 0 Å². The minimum atomic E-state index is 0.759. The van der Waals surface area contributed by atoms with Gasteiger partial charge in [-0.05, 0) is 34.4 Å². The van der Waals surface area contributed by atoms with Gasteiger partial charge in [0.15, 0.2) is 11.5 Å². The van der Waals surface area contributed by atoms with E-state index in [-0.39, 0.29) is 0 Å². The van der Waals surface area contributed by atoms with Crippen molar-refractivity contribution in [2.75, 3.05) is 14.2 Å². The van der Waals surface area contributed by atoms with Gasteiger partial charge in [-0.1, -0.05) is 60.7 Å². The lowest BCUT2D eigenvalue weighted by atomic mass is 9.91. The second kappa shape index (κ2) is 7.58. The summed E-state index contributed by atoms with van der Waals surface area (Å²) >= 11 is 0. The summed E-state index contributed by atoms with van der Waals surface area (Å²) in [7, 11) is 3.36. The summed E-state index contributed by atoms with van der Waals surface area (Å²) < 4.78 is 11.1. The quantitative estimate of drug-likeness (QED) is 0.633. The molecule has 0 spiro atoms. The van der Waals surface area contributed by atoms with E-state index in [0.717, 1.165) is 24.6 Å². The highest BCUT2D eigenvalue weighted by Crippen LogP contribution is 2.39. The standard InChI is InChI=1S/C24H23NO2/c1-26-23-13-20-16-25(15-18-9-5-3-6-10-18)17-22(19-11-7-4-8-12-19)21(20)14-24(23)27-2/h3-14,17H,15-16H2,1-2H3. The third kappa shape index (κ3) is 3.54. The smallest absolute Gasteiger partial charge is 0.161 e. The Morgan fingerprint density at radius 3 is 2.11 bits per heavy atom. The van der Waals surface area contributed by atoms with Gasteiger partial charge in [0, 0.05) is 24.9 Å². The Balaban J connectivity index is 1.79. The molecule has 4 rings (SSSR count). The summed E-state index contributed by atoms with van der Waals surface area (Å²) in [6.45, 7) is 1.70. The van der Waals surface area contributed by atoms with Gasteiger partial charge in [-0.3, -0.25) is 0 Å². The summed E-state index contributed by atoms with van der Waals surface area (Å²) in [5.41, 5.74) is 6.13. The van der Waals surface area contributed by atoms with E-state index in [9.17, 15) is 0 Å². The highest BCUT2D eigenvalue weighted by Gasteiger charge is 2.21. The highest BCUT2D eigenvalue weighted by molar-refractivity contribution is 5.83. The predicted molar refractivity (Wildman–Crippen MR) is 109 cm³/mol. The van der Waals surface area contributed by atoms with Crippen LogP contribution in [0.1, 0.15) is 22.3 Å². The number of rotatable bonds is 5. The van der Waals surface area contributed by atoms with Gasteiger partial charge < -0.3 is 14.4 Å². The van der Waals surface area contributed by atoms with Crippen LogP contribution in [0.15, 0.2) is 79.0 Å². The second-order valence-corrected chi connectivity index (χ2v) is 6.66. The van der Waals surface area contributed by atoms with E-state index in [1.165, 1.54) is 27.8 Å². The van der Waals surface area contributed by atoms with Crippen molar-refractivity contribution in [3.05, 3.63) is 101 Å². The number of ether oxygens (including phenoxy) is 2. The molecule has 1 aliphatic rings. The zero-order chi connectivity index (χ0) is 18.6. The maximum absolute atomic E-state index is 5.54. The van der Waals surface area contributed by atoms with Crippen LogP contribution in [0.5, 0.6) is 11.5 Å². The monoisotopic (exact) mass is 357 g/mol. The van der Waals surface area contributed by atoms with Gasteiger partial charge in [0.1, 0.15) is 0 Å². The van der Waals surface area contributed by atoms with Crippen molar-refractivity contribution in [3.8, 4) is 11.5 Å². The Morgan fingerprint density at radius 1 is 0.815 bits per heavy atom. The molecule has 0 fully saturated rings. The summed E-state index contributed by atoms with van der Waals surface area (Å²) in [5.74, 6) is 1.53. The molecule has 0 atom stereocenters. The van der Waals surface area contributed by atoms with Crippen molar-refractivity contribution in [2.24, 2.45) is 0 Å². The third-order valence-corrected chi connectivity index (χ3v) is 4.90. The fourth-order valence-electron chi connectivity index (χ4n) is 3.59. The molecule has 0 radical (unpaired) electrons. The maximum Gasteiger partial charge on any atom is 0.161 e. The fourth-order valence-corrected chi connectivity index (χ4v) is 3.59. The first-order valence-electron chi connectivity index (χ1n) is 9.09. The number of nitrogens with zero attached hydrogens (tertiary/aromatic N) is 1. The Labute approximate surface area is 160 Å². The molecule has 136 valence electrons. The number of hydrogen-bond donors (Lipinski definition) is 0. The average Bonchev–Trinajstić information content (AvgIpc) is 2.73. The van der Waals surface area contributed by atoms with Gasteiger partial charge >= 0.3 is 0 Å². The average molecular weight is 357 g/mol. The molecular formula is C24H23NO2. The minimum Gasteiger partial charge on any atom is -0.493 e. The molecule has 0 amide bonds. The van der Waals surface area contributed by atoms with Crippen LogP contribution in [0.3, 0.4) is 0 Å². The van der Waals surface area contributed by atoms with Crippen LogP contribution >= 0.6 is 0 Å². The normalized spacial score (nSPS) is 13.0. The number of hydrogen-bond acceptors (Lipinski definition) is 3. The lowest BCUT2D eigenvalue weighted by Crippen LogP contribution is -2.22. The Kier molecular flexibility index (Phi) is 4.84. The van der Waals surface area contributed by atoms with Crippen molar-refractivity contribution < 1.29 is 9.47 Å². The lowest BCUT2D eigenvalue weighted by molar-refractivity contribution is 0.344. The highest BCUT2D eigenvalue weighted by atomic mass is 16.5. The van der Waals surface area contributed by atoms with Crippen LogP contribution in [-0.2, 0) is 13.1 Å². The van der Waals surface area contributed by atoms with E-state index in [1.54, 1.807) is 14.2 Å². The van der Waals surface area contributed by atoms with Gasteiger partial charge in [0.25, 0.3) is 0 Å². The van der Waals surface area contributed by atoms with E-state index in [0.29, 0.717) is 0 Å². The minimum absolute atomic E-state index is 0.759. The van der Waals surface area contributed by atoms with Crippen LogP contribution in [-0.4, -0.2) is 19.1 Å². The van der Waals surface area contributed by atoms with E-state index < -0.39 is 0 Å². The lowest BCUT2D eigenvalue weighted by Gasteiger charge is -2.30. The molecule has 27 heavy (non-hydrogen) atoms. The molecule has 3 nitrogen and oxygen atoms in total. The zero-order valence-corrected chi connectivity index (χ0v) is 15.7. The van der Waals surface area contributed by atoms with Gasteiger partial charge in [-0.25, -0.2) is 0 Å². The molecule has 1 aliphatic heterocycles. The van der Waals surface area contributed by atoms with E-state index in [4.69, 9.17) is 9.47 Å². The van der Waals surface area contributed by atoms with Crippen molar-refractivity contribution in [1.82, 2.24) is 4.90 Å². The molecule has 0 N–H and O–H groups in total. The van der Waals surface area contributed by atoms with Gasteiger partial charge in [0.05, 0.1) is 14.2 Å². The summed E-state index contributed by atoms with van der Waals surface area (Å²) in [5, 5.41) is 0. The molecule has 3 aromatic carbocycles. The molecule has 3 aromatic rings. The van der Waals surface area contributed by atoms with Crippen LogP contribution < -0.4 is 9.47 Å². The summed E-state index contributed by atoms with van der Waals surface area (Å²) in [6.07, 6.45) is 2.26. The van der Waals surface area contributed by atoms with Crippen molar-refractivity contribution in [1.29, 1.82) is 0 Å². The van der Waals surface area contributed by atoms with E-state index in [1.807, 2.05) is 6.07 Å². The van der Waals surface area contributed by atoms with Gasteiger partial charge in [-0.2, -0.15) is 0 Å². The first-order valence-corrected chi connectivity index (χ1v) is 9.09. The van der Waals surface area contributed by atoms with Crippen molar-refractivity contribution >= 4 is 5.57 Å². The first-order chi connectivity index (χ1) is 13.3. The molecule has 0 saturated heterocycles. The van der Waals surface area contributed by atoms with Crippen LogP contribution in [0.2, 0.25) is 0 Å². The summed E-state index contributed by atoms with van der Waals surface area (Å²) in [6, 6.07) is 25.2. The molecule has 0 aliphatic carbocycles. The molecular weight excluding hydrogens is 334 g/mol. The Morgan fingerprint density at radius 2 is 1.44 bits per heavy atom. The number of fused-ring (bicyclic) bond motifs is 1. The third-order valence-electron chi connectivity index (χ3n) is 4.90. The predicted octanol–water partition coefficient (Wildman–Crippen LogP) is 5.11. The molecule has 0 unspecified atom stereocenters. The molecule has 3 heteroatoms. The maximum atomic E-state index is 5.54. The molecule has 1 heterocycles. The van der Waals surface area contributed by atoms with Crippen LogP contribution in [0.4, 0.5) is 0 Å². The topological polar surface area (TPSA) is 21.7 Å². The van der Waals surface area contributed by atoms with Crippen LogP contribution in [0, 0.1) is 0 Å². The fraction of sp³-hybridized carbons (Fsp3) is 0.167. The molecule has 0 saturated carbocycles. The first kappa shape index (κ1) is 17.2. The van der Waals surface area contributed by atoms with E-state index >= 15 is 0 Å². The largest absolute Gasteiger partial charge is 0.493 e. The zero-order valence-electron chi connectivity index (χ0n) is 15.7. The number of benzene rings is 3. The molecule has 0 bridgehead atoms. The van der Waals surface area contributed by atoms with E-state index in [2.05, 4.69) is 77.8 Å². The van der Waals surface area contributed by atoms with Crippen molar-refractivity contribution in [3.63, 3.8) is 0 Å². The molecule has 0 aromatic heterocycles. The number of methoxy groups -OCH3 is 2. The SMILES string of the molecule is COc1cc2c(cc1OC)C(c1ccccc1)=CN(Cc1ccccc1)C2. The second-order valence-electron chi connectivity index (χ2n) is 6.66.